The van der Waals surface area contributed by atoms with Crippen molar-refractivity contribution in [1.82, 2.24) is 4.98 Å². The molecule has 0 spiro atoms. The second-order valence-corrected chi connectivity index (χ2v) is 3.55. The minimum absolute atomic E-state index is 0.328. The standard InChI is InChI=1S/C11H12N2O2/c14-8-13-11-6-12-4-3-10(11)9-2-1-5-15-7-9/h3-4,6,9H,1-2,5,7H2. The van der Waals surface area contributed by atoms with Crippen molar-refractivity contribution in [3.8, 4) is 0 Å². The Balaban J connectivity index is 2.28. The number of ether oxygens (including phenoxy) is 1. The first-order chi connectivity index (χ1) is 7.42. The highest BCUT2D eigenvalue weighted by Crippen LogP contribution is 2.31. The topological polar surface area (TPSA) is 51.5 Å². The predicted molar refractivity (Wildman–Crippen MR) is 54.8 cm³/mol. The molecule has 1 aliphatic heterocycles. The number of pyridine rings is 1. The molecule has 0 aliphatic carbocycles. The van der Waals surface area contributed by atoms with Crippen LogP contribution in [0.15, 0.2) is 23.5 Å². The highest BCUT2D eigenvalue weighted by atomic mass is 16.5. The van der Waals surface area contributed by atoms with Gasteiger partial charge in [0.25, 0.3) is 0 Å². The van der Waals surface area contributed by atoms with Crippen LogP contribution < -0.4 is 0 Å². The first kappa shape index (κ1) is 10.0. The maximum Gasteiger partial charge on any atom is 0.240 e. The van der Waals surface area contributed by atoms with Crippen LogP contribution in [-0.2, 0) is 9.53 Å². The van der Waals surface area contributed by atoms with Crippen molar-refractivity contribution in [2.24, 2.45) is 4.99 Å². The Morgan fingerprint density at radius 3 is 3.27 bits per heavy atom. The Hall–Kier alpha value is -1.51. The van der Waals surface area contributed by atoms with E-state index in [4.69, 9.17) is 4.74 Å². The summed E-state index contributed by atoms with van der Waals surface area (Å²) in [5, 5.41) is 0. The van der Waals surface area contributed by atoms with Gasteiger partial charge in [-0.2, -0.15) is 4.99 Å². The van der Waals surface area contributed by atoms with E-state index < -0.39 is 0 Å². The number of carbonyl (C=O) groups excluding carboxylic acids is 1. The van der Waals surface area contributed by atoms with E-state index in [1.165, 1.54) is 0 Å². The van der Waals surface area contributed by atoms with Crippen LogP contribution in [0.2, 0.25) is 0 Å². The largest absolute Gasteiger partial charge is 0.381 e. The highest BCUT2D eigenvalue weighted by Gasteiger charge is 2.18. The zero-order valence-corrected chi connectivity index (χ0v) is 8.35. The minimum Gasteiger partial charge on any atom is -0.381 e. The molecule has 1 aliphatic rings. The monoisotopic (exact) mass is 204 g/mol. The lowest BCUT2D eigenvalue weighted by Crippen LogP contribution is -2.15. The van der Waals surface area contributed by atoms with Gasteiger partial charge in [-0.15, -0.1) is 0 Å². The van der Waals surface area contributed by atoms with Crippen LogP contribution in [0.5, 0.6) is 0 Å². The fourth-order valence-electron chi connectivity index (χ4n) is 1.87. The van der Waals surface area contributed by atoms with Crippen molar-refractivity contribution < 1.29 is 9.53 Å². The molecule has 0 amide bonds. The predicted octanol–water partition coefficient (Wildman–Crippen LogP) is 1.94. The molecule has 0 saturated carbocycles. The van der Waals surface area contributed by atoms with Crippen molar-refractivity contribution >= 4 is 11.8 Å². The SMILES string of the molecule is O=C=Nc1cnccc1C1CCCOC1. The van der Waals surface area contributed by atoms with Gasteiger partial charge in [0.2, 0.25) is 6.08 Å². The van der Waals surface area contributed by atoms with E-state index in [2.05, 4.69) is 9.98 Å². The molecule has 4 nitrogen and oxygen atoms in total. The Morgan fingerprint density at radius 1 is 1.60 bits per heavy atom. The Morgan fingerprint density at radius 2 is 2.53 bits per heavy atom. The summed E-state index contributed by atoms with van der Waals surface area (Å²) in [5.41, 5.74) is 1.65. The summed E-state index contributed by atoms with van der Waals surface area (Å²) >= 11 is 0. The van der Waals surface area contributed by atoms with Crippen molar-refractivity contribution in [3.05, 3.63) is 24.0 Å². The molecule has 1 unspecified atom stereocenters. The van der Waals surface area contributed by atoms with Gasteiger partial charge in [-0.3, -0.25) is 4.98 Å². The summed E-state index contributed by atoms with van der Waals surface area (Å²) in [6.07, 6.45) is 6.99. The summed E-state index contributed by atoms with van der Waals surface area (Å²) in [6, 6.07) is 1.90. The number of hydrogen-bond donors (Lipinski definition) is 0. The van der Waals surface area contributed by atoms with Crippen LogP contribution >= 0.6 is 0 Å². The molecule has 2 rings (SSSR count). The van der Waals surface area contributed by atoms with Crippen LogP contribution in [0.4, 0.5) is 5.69 Å². The molecule has 1 aromatic rings. The maximum absolute atomic E-state index is 10.3. The van der Waals surface area contributed by atoms with Gasteiger partial charge in [-0.05, 0) is 24.5 Å². The minimum atomic E-state index is 0.328. The van der Waals surface area contributed by atoms with Crippen molar-refractivity contribution in [2.45, 2.75) is 18.8 Å². The zero-order chi connectivity index (χ0) is 10.5. The molecule has 2 heterocycles. The Labute approximate surface area is 88.0 Å². The third-order valence-electron chi connectivity index (χ3n) is 2.60. The van der Waals surface area contributed by atoms with Gasteiger partial charge < -0.3 is 4.74 Å². The molecule has 0 aromatic carbocycles. The van der Waals surface area contributed by atoms with Crippen LogP contribution in [0, 0.1) is 0 Å². The molecule has 1 saturated heterocycles. The first-order valence-electron chi connectivity index (χ1n) is 5.01. The van der Waals surface area contributed by atoms with Gasteiger partial charge in [-0.1, -0.05) is 0 Å². The average molecular weight is 204 g/mol. The molecule has 0 N–H and O–H groups in total. The summed E-state index contributed by atoms with van der Waals surface area (Å²) < 4.78 is 5.41. The number of isocyanates is 1. The molecule has 15 heavy (non-hydrogen) atoms. The molecular weight excluding hydrogens is 192 g/mol. The number of hydrogen-bond acceptors (Lipinski definition) is 4. The van der Waals surface area contributed by atoms with Gasteiger partial charge >= 0.3 is 0 Å². The molecule has 0 radical (unpaired) electrons. The van der Waals surface area contributed by atoms with Crippen LogP contribution in [0.1, 0.15) is 24.3 Å². The van der Waals surface area contributed by atoms with E-state index in [0.29, 0.717) is 18.2 Å². The van der Waals surface area contributed by atoms with Gasteiger partial charge in [0.05, 0.1) is 18.5 Å². The smallest absolute Gasteiger partial charge is 0.240 e. The van der Waals surface area contributed by atoms with E-state index in [-0.39, 0.29) is 0 Å². The number of rotatable bonds is 2. The van der Waals surface area contributed by atoms with Crippen LogP contribution in [0.25, 0.3) is 0 Å². The van der Waals surface area contributed by atoms with Crippen LogP contribution in [0.3, 0.4) is 0 Å². The first-order valence-corrected chi connectivity index (χ1v) is 5.01. The fourth-order valence-corrected chi connectivity index (χ4v) is 1.87. The normalized spacial score (nSPS) is 20.7. The number of aromatic nitrogens is 1. The highest BCUT2D eigenvalue weighted by molar-refractivity contribution is 5.53. The summed E-state index contributed by atoms with van der Waals surface area (Å²) in [6.45, 7) is 1.53. The molecule has 0 bridgehead atoms. The third kappa shape index (κ3) is 2.29. The summed E-state index contributed by atoms with van der Waals surface area (Å²) in [5.74, 6) is 0.328. The molecular formula is C11H12N2O2. The molecule has 1 atom stereocenters. The van der Waals surface area contributed by atoms with Gasteiger partial charge in [-0.25, -0.2) is 4.79 Å². The Kier molecular flexibility index (Phi) is 3.22. The van der Waals surface area contributed by atoms with Crippen molar-refractivity contribution in [2.75, 3.05) is 13.2 Å². The van der Waals surface area contributed by atoms with Crippen molar-refractivity contribution in [3.63, 3.8) is 0 Å². The molecule has 1 aromatic heterocycles. The third-order valence-corrected chi connectivity index (χ3v) is 2.60. The molecule has 4 heteroatoms. The Bertz CT molecular complexity index is 380. The summed E-state index contributed by atoms with van der Waals surface area (Å²) in [7, 11) is 0. The summed E-state index contributed by atoms with van der Waals surface area (Å²) in [4.78, 5) is 17.9. The van der Waals surface area contributed by atoms with E-state index in [1.807, 2.05) is 6.07 Å². The van der Waals surface area contributed by atoms with Crippen molar-refractivity contribution in [1.29, 1.82) is 0 Å². The second kappa shape index (κ2) is 4.82. The van der Waals surface area contributed by atoms with Gasteiger partial charge in [0, 0.05) is 18.7 Å². The number of aliphatic imine (C=N–C) groups is 1. The lowest BCUT2D eigenvalue weighted by atomic mass is 9.93. The van der Waals surface area contributed by atoms with E-state index in [0.717, 1.165) is 25.0 Å². The fraction of sp³-hybridized carbons (Fsp3) is 0.455. The lowest BCUT2D eigenvalue weighted by Gasteiger charge is -2.22. The van der Waals surface area contributed by atoms with E-state index in [9.17, 15) is 4.79 Å². The average Bonchev–Trinajstić information content (AvgIpc) is 2.31. The van der Waals surface area contributed by atoms with Crippen LogP contribution in [-0.4, -0.2) is 24.3 Å². The van der Waals surface area contributed by atoms with E-state index in [1.54, 1.807) is 18.5 Å². The molecule has 78 valence electrons. The number of nitrogens with zero attached hydrogens (tertiary/aromatic N) is 2. The van der Waals surface area contributed by atoms with E-state index >= 15 is 0 Å². The zero-order valence-electron chi connectivity index (χ0n) is 8.35. The lowest BCUT2D eigenvalue weighted by molar-refractivity contribution is 0.0805. The van der Waals surface area contributed by atoms with Gasteiger partial charge in [0.15, 0.2) is 0 Å². The molecule has 1 fully saturated rings. The second-order valence-electron chi connectivity index (χ2n) is 3.55. The maximum atomic E-state index is 10.3. The van der Waals surface area contributed by atoms with Gasteiger partial charge in [0.1, 0.15) is 0 Å². The quantitative estimate of drug-likeness (QED) is 0.546.